The number of aliphatic hydroxyl groups is 1. The first kappa shape index (κ1) is 15.7. The number of aliphatic hydroxyl groups excluding tert-OH is 1. The summed E-state index contributed by atoms with van der Waals surface area (Å²) >= 11 is 0. The fourth-order valence-corrected chi connectivity index (χ4v) is 2.87. The molecule has 0 fully saturated rings. The Morgan fingerprint density at radius 1 is 1.32 bits per heavy atom. The van der Waals surface area contributed by atoms with Crippen molar-refractivity contribution in [3.05, 3.63) is 24.3 Å². The summed E-state index contributed by atoms with van der Waals surface area (Å²) in [4.78, 5) is 0. The van der Waals surface area contributed by atoms with Crippen LogP contribution in [0, 0.1) is 0 Å². The first-order valence-electron chi connectivity index (χ1n) is 6.06. The maximum atomic E-state index is 11.9. The van der Waals surface area contributed by atoms with Crippen LogP contribution in [0.1, 0.15) is 6.92 Å². The topological polar surface area (TPSA) is 92.9 Å². The number of hydrogen-bond acceptors (Lipinski definition) is 5. The van der Waals surface area contributed by atoms with Crippen LogP contribution >= 0.6 is 0 Å². The van der Waals surface area contributed by atoms with Crippen molar-refractivity contribution in [2.75, 3.05) is 37.8 Å². The molecule has 0 saturated carbocycles. The van der Waals surface area contributed by atoms with Gasteiger partial charge in [0.15, 0.2) is 0 Å². The average molecular weight is 288 g/mol. The van der Waals surface area contributed by atoms with Gasteiger partial charge in [-0.2, -0.15) is 4.31 Å². The molecule has 0 aliphatic carbocycles. The molecule has 0 aliphatic heterocycles. The highest BCUT2D eigenvalue weighted by atomic mass is 32.2. The summed E-state index contributed by atoms with van der Waals surface area (Å²) in [5, 5.41) is 8.81. The molecule has 3 N–H and O–H groups in total. The monoisotopic (exact) mass is 288 g/mol. The molecule has 0 atom stereocenters. The second-order valence-electron chi connectivity index (χ2n) is 3.95. The first-order valence-corrected chi connectivity index (χ1v) is 7.67. The van der Waals surface area contributed by atoms with Gasteiger partial charge in [-0.05, 0) is 24.3 Å². The molecule has 0 bridgehead atoms. The molecule has 1 aromatic carbocycles. The van der Waals surface area contributed by atoms with E-state index in [-0.39, 0.29) is 25.5 Å². The second kappa shape index (κ2) is 7.32. The van der Waals surface area contributed by atoms with Gasteiger partial charge in [-0.25, -0.2) is 8.42 Å². The minimum absolute atomic E-state index is 0.0637. The van der Waals surface area contributed by atoms with Gasteiger partial charge in [-0.3, -0.25) is 0 Å². The van der Waals surface area contributed by atoms with Gasteiger partial charge in [0.2, 0.25) is 10.0 Å². The van der Waals surface area contributed by atoms with Crippen LogP contribution in [0.5, 0.6) is 5.75 Å². The summed E-state index contributed by atoms with van der Waals surface area (Å²) in [5.74, 6) is 0.459. The van der Waals surface area contributed by atoms with Crippen molar-refractivity contribution in [3.8, 4) is 5.75 Å². The Bertz CT molecular complexity index is 473. The standard InChI is InChI=1S/C12H20N2O4S/c1-2-14(7-8-15)19(16,17)10-9-18-12-5-3-11(13)4-6-12/h3-6,15H,2,7-10,13H2,1H3. The van der Waals surface area contributed by atoms with E-state index < -0.39 is 10.0 Å². The summed E-state index contributed by atoms with van der Waals surface area (Å²) in [5.41, 5.74) is 6.16. The van der Waals surface area contributed by atoms with Crippen LogP contribution in [-0.4, -0.2) is 49.9 Å². The van der Waals surface area contributed by atoms with Crippen molar-refractivity contribution >= 4 is 15.7 Å². The summed E-state index contributed by atoms with van der Waals surface area (Å²) in [6.07, 6.45) is 0. The second-order valence-corrected chi connectivity index (χ2v) is 6.04. The molecule has 108 valence electrons. The fourth-order valence-electron chi connectivity index (χ4n) is 1.56. The molecule has 19 heavy (non-hydrogen) atoms. The van der Waals surface area contributed by atoms with E-state index >= 15 is 0 Å². The van der Waals surface area contributed by atoms with Crippen LogP contribution in [0.4, 0.5) is 5.69 Å². The zero-order valence-corrected chi connectivity index (χ0v) is 11.8. The van der Waals surface area contributed by atoms with Gasteiger partial charge in [0, 0.05) is 18.8 Å². The minimum atomic E-state index is -3.39. The fraction of sp³-hybridized carbons (Fsp3) is 0.500. The first-order chi connectivity index (χ1) is 8.99. The number of anilines is 1. The molecule has 1 rings (SSSR count). The van der Waals surface area contributed by atoms with Gasteiger partial charge in [0.05, 0.1) is 12.4 Å². The number of rotatable bonds is 8. The average Bonchev–Trinajstić information content (AvgIpc) is 2.38. The normalized spacial score (nSPS) is 11.7. The van der Waals surface area contributed by atoms with E-state index in [1.165, 1.54) is 4.31 Å². The number of ether oxygens (including phenoxy) is 1. The van der Waals surface area contributed by atoms with Crippen molar-refractivity contribution in [1.82, 2.24) is 4.31 Å². The molecule has 1 aromatic rings. The third-order valence-electron chi connectivity index (χ3n) is 2.59. The van der Waals surface area contributed by atoms with Gasteiger partial charge < -0.3 is 15.6 Å². The van der Waals surface area contributed by atoms with E-state index in [9.17, 15) is 8.42 Å². The number of nitrogens with two attached hydrogens (primary N) is 1. The number of hydrogen-bond donors (Lipinski definition) is 2. The van der Waals surface area contributed by atoms with Crippen molar-refractivity contribution in [3.63, 3.8) is 0 Å². The lowest BCUT2D eigenvalue weighted by molar-refractivity contribution is 0.255. The van der Waals surface area contributed by atoms with Crippen LogP contribution in [0.15, 0.2) is 24.3 Å². The predicted octanol–water partition coefficient (Wildman–Crippen LogP) is 0.292. The minimum Gasteiger partial charge on any atom is -0.492 e. The molecular formula is C12H20N2O4S. The van der Waals surface area contributed by atoms with Crippen LogP contribution in [0.3, 0.4) is 0 Å². The predicted molar refractivity (Wildman–Crippen MR) is 74.5 cm³/mol. The highest BCUT2D eigenvalue weighted by molar-refractivity contribution is 7.89. The highest BCUT2D eigenvalue weighted by Gasteiger charge is 2.19. The number of nitrogen functional groups attached to an aromatic ring is 1. The highest BCUT2D eigenvalue weighted by Crippen LogP contribution is 2.13. The lowest BCUT2D eigenvalue weighted by atomic mass is 10.3. The van der Waals surface area contributed by atoms with Crippen molar-refractivity contribution in [1.29, 1.82) is 0 Å². The van der Waals surface area contributed by atoms with E-state index in [0.717, 1.165) is 0 Å². The lowest BCUT2D eigenvalue weighted by Gasteiger charge is -2.19. The van der Waals surface area contributed by atoms with Crippen molar-refractivity contribution in [2.45, 2.75) is 6.92 Å². The van der Waals surface area contributed by atoms with E-state index in [2.05, 4.69) is 0 Å². The Kier molecular flexibility index (Phi) is 6.07. The van der Waals surface area contributed by atoms with Crippen molar-refractivity contribution < 1.29 is 18.3 Å². The van der Waals surface area contributed by atoms with E-state index in [1.54, 1.807) is 31.2 Å². The quantitative estimate of drug-likeness (QED) is 0.671. The maximum absolute atomic E-state index is 11.9. The van der Waals surface area contributed by atoms with Gasteiger partial charge in [0.25, 0.3) is 0 Å². The molecule has 0 saturated heterocycles. The number of nitrogens with zero attached hydrogens (tertiary/aromatic N) is 1. The van der Waals surface area contributed by atoms with Crippen molar-refractivity contribution in [2.24, 2.45) is 0 Å². The molecule has 7 heteroatoms. The summed E-state index contributed by atoms with van der Waals surface area (Å²) in [6.45, 7) is 2.06. The molecule has 0 aliphatic rings. The third-order valence-corrected chi connectivity index (χ3v) is 4.50. The number of sulfonamides is 1. The third kappa shape index (κ3) is 5.06. The van der Waals surface area contributed by atoms with Gasteiger partial charge in [-0.1, -0.05) is 6.92 Å². The van der Waals surface area contributed by atoms with E-state index in [1.807, 2.05) is 0 Å². The Balaban J connectivity index is 2.49. The molecule has 0 radical (unpaired) electrons. The lowest BCUT2D eigenvalue weighted by Crippen LogP contribution is -2.36. The Morgan fingerprint density at radius 2 is 1.95 bits per heavy atom. The molecule has 0 heterocycles. The van der Waals surface area contributed by atoms with Gasteiger partial charge in [-0.15, -0.1) is 0 Å². The van der Waals surface area contributed by atoms with E-state index in [4.69, 9.17) is 15.6 Å². The molecule has 0 aromatic heterocycles. The summed E-state index contributed by atoms with van der Waals surface area (Å²) < 4.78 is 30.4. The van der Waals surface area contributed by atoms with Crippen LogP contribution < -0.4 is 10.5 Å². The van der Waals surface area contributed by atoms with Gasteiger partial charge >= 0.3 is 0 Å². The van der Waals surface area contributed by atoms with E-state index in [0.29, 0.717) is 18.0 Å². The molecule has 0 spiro atoms. The zero-order valence-electron chi connectivity index (χ0n) is 10.9. The smallest absolute Gasteiger partial charge is 0.217 e. The Morgan fingerprint density at radius 3 is 2.47 bits per heavy atom. The number of benzene rings is 1. The molecule has 0 unspecified atom stereocenters. The van der Waals surface area contributed by atoms with Crippen LogP contribution in [0.25, 0.3) is 0 Å². The zero-order chi connectivity index (χ0) is 14.3. The molecule has 6 nitrogen and oxygen atoms in total. The SMILES string of the molecule is CCN(CCO)S(=O)(=O)CCOc1ccc(N)cc1. The molecule has 0 amide bonds. The van der Waals surface area contributed by atoms with Crippen LogP contribution in [0.2, 0.25) is 0 Å². The Labute approximate surface area is 113 Å². The molecular weight excluding hydrogens is 268 g/mol. The summed E-state index contributed by atoms with van der Waals surface area (Å²) in [7, 11) is -3.39. The maximum Gasteiger partial charge on any atom is 0.217 e. The number of likely N-dealkylation sites (N-methyl/N-ethyl adjacent to an activating group) is 1. The van der Waals surface area contributed by atoms with Crippen LogP contribution in [-0.2, 0) is 10.0 Å². The summed E-state index contributed by atoms with van der Waals surface area (Å²) in [6, 6.07) is 6.75. The van der Waals surface area contributed by atoms with Gasteiger partial charge in [0.1, 0.15) is 12.4 Å². The largest absolute Gasteiger partial charge is 0.492 e. The Hall–Kier alpha value is -1.31.